The average molecular weight is 888 g/mol. The number of halogens is 1. The highest BCUT2D eigenvalue weighted by atomic mass is 35.5. The number of anilines is 9. The molecule has 9 rings (SSSR count). The monoisotopic (exact) mass is 886 g/mol. The van der Waals surface area contributed by atoms with E-state index < -0.39 is 0 Å². The van der Waals surface area contributed by atoms with Crippen LogP contribution in [0.1, 0.15) is 84.6 Å². The zero-order valence-electron chi connectivity index (χ0n) is 39.8. The van der Waals surface area contributed by atoms with Crippen LogP contribution in [0.2, 0.25) is 5.02 Å². The first kappa shape index (κ1) is 44.4. The van der Waals surface area contributed by atoms with E-state index in [-0.39, 0.29) is 16.2 Å². The maximum absolute atomic E-state index is 7.91. The van der Waals surface area contributed by atoms with Crippen LogP contribution < -0.4 is 14.7 Å². The van der Waals surface area contributed by atoms with Crippen LogP contribution in [0.4, 0.5) is 51.4 Å². The number of para-hydroxylation sites is 2. The van der Waals surface area contributed by atoms with Crippen molar-refractivity contribution in [3.05, 3.63) is 203 Å². The molecular formula is C60H59ClN4O. The molecule has 5 nitrogen and oxygen atoms in total. The van der Waals surface area contributed by atoms with Gasteiger partial charge in [-0.2, -0.15) is 0 Å². The van der Waals surface area contributed by atoms with Crippen LogP contribution in [0, 0.1) is 6.92 Å². The lowest BCUT2D eigenvalue weighted by molar-refractivity contribution is 0.590. The van der Waals surface area contributed by atoms with Crippen molar-refractivity contribution < 1.29 is 4.42 Å². The summed E-state index contributed by atoms with van der Waals surface area (Å²) in [7, 11) is 0. The molecule has 7 aromatic carbocycles. The van der Waals surface area contributed by atoms with E-state index in [1.165, 1.54) is 16.7 Å². The summed E-state index contributed by atoms with van der Waals surface area (Å²) >= 11 is 7.91. The second-order valence-electron chi connectivity index (χ2n) is 20.5. The maximum Gasteiger partial charge on any atom is 0.140 e. The smallest absolute Gasteiger partial charge is 0.140 e. The van der Waals surface area contributed by atoms with Crippen molar-refractivity contribution in [2.24, 2.45) is 0 Å². The summed E-state index contributed by atoms with van der Waals surface area (Å²) in [6.07, 6.45) is 0. The van der Waals surface area contributed by atoms with Gasteiger partial charge in [-0.1, -0.05) is 153 Å². The SMILES string of the molecule is Cc1cc(N(c2ccc(C(C)(C)C)cc2)c2ccc3c(c2)oc2ccccc23)c(Cl)c(N(c2ccccc2)c2cccc(N(c3ccc(C(C)(C)C)cc3)c3ccc(C(C)(C)C)cc3)n2)c1. The van der Waals surface area contributed by atoms with Gasteiger partial charge in [-0.15, -0.1) is 0 Å². The summed E-state index contributed by atoms with van der Waals surface area (Å²) in [5.74, 6) is 1.51. The van der Waals surface area contributed by atoms with Crippen molar-refractivity contribution in [2.75, 3.05) is 14.7 Å². The maximum atomic E-state index is 7.91. The lowest BCUT2D eigenvalue weighted by Crippen LogP contribution is -2.18. The molecule has 6 heteroatoms. The number of hydrogen-bond donors (Lipinski definition) is 0. The molecule has 2 heterocycles. The molecule has 0 atom stereocenters. The molecule has 66 heavy (non-hydrogen) atoms. The molecule has 0 unspecified atom stereocenters. The van der Waals surface area contributed by atoms with E-state index in [9.17, 15) is 0 Å². The van der Waals surface area contributed by atoms with Gasteiger partial charge in [0.1, 0.15) is 22.8 Å². The minimum Gasteiger partial charge on any atom is -0.456 e. The summed E-state index contributed by atoms with van der Waals surface area (Å²) in [6.45, 7) is 22.3. The zero-order chi connectivity index (χ0) is 46.5. The lowest BCUT2D eigenvalue weighted by atomic mass is 9.87. The number of aromatic nitrogens is 1. The summed E-state index contributed by atoms with van der Waals surface area (Å²) in [5.41, 5.74) is 13.1. The van der Waals surface area contributed by atoms with Crippen LogP contribution >= 0.6 is 11.6 Å². The van der Waals surface area contributed by atoms with Gasteiger partial charge >= 0.3 is 0 Å². The first-order valence-corrected chi connectivity index (χ1v) is 23.3. The Morgan fingerprint density at radius 3 is 1.35 bits per heavy atom. The normalized spacial score (nSPS) is 12.2. The number of benzene rings is 7. The first-order valence-electron chi connectivity index (χ1n) is 22.9. The van der Waals surface area contributed by atoms with E-state index >= 15 is 0 Å². The fourth-order valence-electron chi connectivity index (χ4n) is 8.72. The molecule has 0 aliphatic carbocycles. The van der Waals surface area contributed by atoms with E-state index in [2.05, 4.69) is 242 Å². The average Bonchev–Trinajstić information content (AvgIpc) is 3.66. The van der Waals surface area contributed by atoms with Gasteiger partial charge < -0.3 is 9.32 Å². The number of rotatable bonds is 9. The topological polar surface area (TPSA) is 35.8 Å². The van der Waals surface area contributed by atoms with Crippen molar-refractivity contribution in [2.45, 2.75) is 85.5 Å². The molecule has 332 valence electrons. The van der Waals surface area contributed by atoms with Crippen LogP contribution in [0.3, 0.4) is 0 Å². The fourth-order valence-corrected chi connectivity index (χ4v) is 8.99. The highest BCUT2D eigenvalue weighted by Gasteiger charge is 2.27. The van der Waals surface area contributed by atoms with Gasteiger partial charge in [0.05, 0.1) is 16.4 Å². The molecule has 0 spiro atoms. The molecule has 0 saturated heterocycles. The molecule has 2 aromatic heterocycles. The zero-order valence-corrected chi connectivity index (χ0v) is 40.6. The van der Waals surface area contributed by atoms with Crippen LogP contribution in [0.25, 0.3) is 21.9 Å². The highest BCUT2D eigenvalue weighted by Crippen LogP contribution is 2.49. The lowest BCUT2D eigenvalue weighted by Gasteiger charge is -2.32. The Hall–Kier alpha value is -6.82. The van der Waals surface area contributed by atoms with E-state index in [0.717, 1.165) is 78.9 Å². The number of pyridine rings is 1. The molecule has 0 amide bonds. The van der Waals surface area contributed by atoms with Crippen LogP contribution in [0.15, 0.2) is 180 Å². The van der Waals surface area contributed by atoms with Crippen molar-refractivity contribution in [3.8, 4) is 0 Å². The Kier molecular flexibility index (Phi) is 11.6. The number of fused-ring (bicyclic) bond motifs is 3. The molecular weight excluding hydrogens is 828 g/mol. The quantitative estimate of drug-likeness (QED) is 0.144. The van der Waals surface area contributed by atoms with Gasteiger partial charge in [-0.3, -0.25) is 9.80 Å². The van der Waals surface area contributed by atoms with E-state index in [0.29, 0.717) is 5.02 Å². The summed E-state index contributed by atoms with van der Waals surface area (Å²) in [6, 6.07) is 62.2. The van der Waals surface area contributed by atoms with Crippen LogP contribution in [-0.2, 0) is 16.2 Å². The highest BCUT2D eigenvalue weighted by molar-refractivity contribution is 6.36. The Morgan fingerprint density at radius 2 is 0.818 bits per heavy atom. The minimum atomic E-state index is -0.0102. The van der Waals surface area contributed by atoms with E-state index in [4.69, 9.17) is 21.0 Å². The molecule has 0 saturated carbocycles. The number of furan rings is 1. The third kappa shape index (κ3) is 8.80. The molecule has 0 fully saturated rings. The standard InChI is InChI=1S/C60H59ClN4O/c1-40-37-51(63(45-29-23-41(24-30-45)58(2,3)4)48-35-36-50-49-19-14-15-20-53(49)66-54(50)39-48)57(61)52(38-40)65(44-17-12-11-13-18-44)56-22-16-21-55(62-56)64(46-31-25-42(26-32-46)59(5,6)7)47-33-27-43(28-34-47)60(8,9)10/h11-39H,1-10H3. The van der Waals surface area contributed by atoms with Crippen molar-refractivity contribution in [1.29, 1.82) is 0 Å². The molecule has 0 N–H and O–H groups in total. The summed E-state index contributed by atoms with van der Waals surface area (Å²) in [5, 5.41) is 2.74. The van der Waals surface area contributed by atoms with Gasteiger partial charge in [-0.25, -0.2) is 4.98 Å². The van der Waals surface area contributed by atoms with Crippen molar-refractivity contribution in [1.82, 2.24) is 4.98 Å². The first-order chi connectivity index (χ1) is 31.4. The second kappa shape index (κ2) is 17.2. The predicted molar refractivity (Wildman–Crippen MR) is 281 cm³/mol. The Balaban J connectivity index is 1.22. The minimum absolute atomic E-state index is 0.0102. The van der Waals surface area contributed by atoms with Gasteiger partial charge in [-0.05, 0) is 136 Å². The van der Waals surface area contributed by atoms with Crippen LogP contribution in [0.5, 0.6) is 0 Å². The third-order valence-electron chi connectivity index (χ3n) is 12.4. The third-order valence-corrected chi connectivity index (χ3v) is 12.8. The Labute approximate surface area is 395 Å². The fraction of sp³-hybridized carbons (Fsp3) is 0.217. The number of nitrogens with zero attached hydrogens (tertiary/aromatic N) is 4. The van der Waals surface area contributed by atoms with E-state index in [1.807, 2.05) is 18.2 Å². The summed E-state index contributed by atoms with van der Waals surface area (Å²) in [4.78, 5) is 12.2. The van der Waals surface area contributed by atoms with E-state index in [1.54, 1.807) is 0 Å². The van der Waals surface area contributed by atoms with Crippen molar-refractivity contribution >= 4 is 85.0 Å². The largest absolute Gasteiger partial charge is 0.456 e. The molecule has 0 radical (unpaired) electrons. The van der Waals surface area contributed by atoms with Gasteiger partial charge in [0.2, 0.25) is 0 Å². The number of hydrogen-bond acceptors (Lipinski definition) is 5. The summed E-state index contributed by atoms with van der Waals surface area (Å²) < 4.78 is 6.47. The Morgan fingerprint density at radius 1 is 0.394 bits per heavy atom. The molecule has 0 bridgehead atoms. The predicted octanol–water partition coefficient (Wildman–Crippen LogP) is 18.2. The van der Waals surface area contributed by atoms with Gasteiger partial charge in [0, 0.05) is 45.3 Å². The Bertz CT molecular complexity index is 3090. The van der Waals surface area contributed by atoms with Crippen molar-refractivity contribution in [3.63, 3.8) is 0 Å². The molecule has 0 aliphatic rings. The molecule has 9 aromatic rings. The molecule has 0 aliphatic heterocycles. The van der Waals surface area contributed by atoms with Gasteiger partial charge in [0.25, 0.3) is 0 Å². The number of aryl methyl sites for hydroxylation is 1. The van der Waals surface area contributed by atoms with Gasteiger partial charge in [0.15, 0.2) is 0 Å². The van der Waals surface area contributed by atoms with Crippen LogP contribution in [-0.4, -0.2) is 4.98 Å². The second-order valence-corrected chi connectivity index (χ2v) is 20.9.